The van der Waals surface area contributed by atoms with Crippen molar-refractivity contribution in [3.05, 3.63) is 64.1 Å². The number of amides is 1. The Bertz CT molecular complexity index is 739. The lowest BCUT2D eigenvalue weighted by Crippen LogP contribution is -2.13. The second-order valence-electron chi connectivity index (χ2n) is 5.05. The fourth-order valence-electron chi connectivity index (χ4n) is 2.04. The Morgan fingerprint density at radius 3 is 2.08 bits per heavy atom. The standard InChI is InChI=1S/C18H16BrNO4/c1-24-18(23)13-4-8-15(9-5-13)20-17(22)11-10-16(21)12-2-6-14(19)7-3-12/h2-9H,10-11H2,1H3,(H,20,22). The predicted octanol–water partition coefficient (Wildman–Crippen LogP) is 3.84. The Balaban J connectivity index is 1.85. The molecule has 124 valence electrons. The van der Waals surface area contributed by atoms with Gasteiger partial charge in [-0.3, -0.25) is 9.59 Å². The van der Waals surface area contributed by atoms with Crippen LogP contribution in [-0.2, 0) is 9.53 Å². The highest BCUT2D eigenvalue weighted by atomic mass is 79.9. The van der Waals surface area contributed by atoms with Gasteiger partial charge >= 0.3 is 5.97 Å². The number of ketones is 1. The second kappa shape index (κ2) is 8.40. The lowest BCUT2D eigenvalue weighted by molar-refractivity contribution is -0.116. The van der Waals surface area contributed by atoms with Crippen molar-refractivity contribution in [1.29, 1.82) is 0 Å². The van der Waals surface area contributed by atoms with E-state index >= 15 is 0 Å². The summed E-state index contributed by atoms with van der Waals surface area (Å²) in [6, 6.07) is 13.4. The van der Waals surface area contributed by atoms with Crippen LogP contribution in [0.2, 0.25) is 0 Å². The normalized spacial score (nSPS) is 10.1. The Kier molecular flexibility index (Phi) is 6.26. The molecular weight excluding hydrogens is 374 g/mol. The molecule has 6 heteroatoms. The Labute approximate surface area is 148 Å². The molecule has 0 aliphatic heterocycles. The van der Waals surface area contributed by atoms with Gasteiger partial charge in [0, 0.05) is 28.6 Å². The molecule has 24 heavy (non-hydrogen) atoms. The lowest BCUT2D eigenvalue weighted by Gasteiger charge is -2.06. The molecule has 0 aliphatic carbocycles. The van der Waals surface area contributed by atoms with E-state index < -0.39 is 5.97 Å². The third-order valence-electron chi connectivity index (χ3n) is 3.34. The van der Waals surface area contributed by atoms with E-state index in [-0.39, 0.29) is 24.5 Å². The zero-order chi connectivity index (χ0) is 17.5. The minimum Gasteiger partial charge on any atom is -0.465 e. The third kappa shape index (κ3) is 5.03. The van der Waals surface area contributed by atoms with Crippen LogP contribution in [0.25, 0.3) is 0 Å². The highest BCUT2D eigenvalue weighted by molar-refractivity contribution is 9.10. The number of nitrogens with one attached hydrogen (secondary N) is 1. The van der Waals surface area contributed by atoms with E-state index in [0.717, 1.165) is 4.47 Å². The van der Waals surface area contributed by atoms with Gasteiger partial charge in [-0.2, -0.15) is 0 Å². The van der Waals surface area contributed by atoms with Crippen molar-refractivity contribution >= 4 is 39.3 Å². The number of ether oxygens (including phenoxy) is 1. The summed E-state index contributed by atoms with van der Waals surface area (Å²) in [6.45, 7) is 0. The summed E-state index contributed by atoms with van der Waals surface area (Å²) in [5.41, 5.74) is 1.54. The van der Waals surface area contributed by atoms with E-state index in [0.29, 0.717) is 16.8 Å². The van der Waals surface area contributed by atoms with Gasteiger partial charge < -0.3 is 10.1 Å². The van der Waals surface area contributed by atoms with E-state index in [2.05, 4.69) is 26.0 Å². The van der Waals surface area contributed by atoms with Crippen LogP contribution in [0, 0.1) is 0 Å². The van der Waals surface area contributed by atoms with Gasteiger partial charge in [-0.25, -0.2) is 4.79 Å². The molecule has 0 aromatic heterocycles. The van der Waals surface area contributed by atoms with E-state index in [9.17, 15) is 14.4 Å². The number of carbonyl (C=O) groups is 3. The van der Waals surface area contributed by atoms with Crippen LogP contribution in [0.4, 0.5) is 5.69 Å². The number of esters is 1. The summed E-state index contributed by atoms with van der Waals surface area (Å²) in [5, 5.41) is 2.69. The minimum atomic E-state index is -0.437. The summed E-state index contributed by atoms with van der Waals surface area (Å²) in [7, 11) is 1.31. The van der Waals surface area contributed by atoms with Gasteiger partial charge in [-0.15, -0.1) is 0 Å². The van der Waals surface area contributed by atoms with Crippen LogP contribution in [0.5, 0.6) is 0 Å². The first-order valence-electron chi connectivity index (χ1n) is 7.26. The highest BCUT2D eigenvalue weighted by Gasteiger charge is 2.10. The minimum absolute atomic E-state index is 0.0845. The number of hydrogen-bond acceptors (Lipinski definition) is 4. The van der Waals surface area contributed by atoms with Crippen molar-refractivity contribution in [3.63, 3.8) is 0 Å². The molecule has 1 amide bonds. The molecular formula is C18H16BrNO4. The fourth-order valence-corrected chi connectivity index (χ4v) is 2.30. The number of rotatable bonds is 6. The van der Waals surface area contributed by atoms with E-state index in [1.807, 2.05) is 0 Å². The monoisotopic (exact) mass is 389 g/mol. The first-order chi connectivity index (χ1) is 11.5. The maximum Gasteiger partial charge on any atom is 0.337 e. The summed E-state index contributed by atoms with van der Waals surface area (Å²) < 4.78 is 5.50. The SMILES string of the molecule is COC(=O)c1ccc(NC(=O)CCC(=O)c2ccc(Br)cc2)cc1. The van der Waals surface area contributed by atoms with E-state index in [1.165, 1.54) is 7.11 Å². The number of carbonyl (C=O) groups excluding carboxylic acids is 3. The molecule has 1 N–H and O–H groups in total. The van der Waals surface area contributed by atoms with Gasteiger partial charge in [0.25, 0.3) is 0 Å². The molecule has 0 saturated heterocycles. The van der Waals surface area contributed by atoms with Crippen molar-refractivity contribution in [2.75, 3.05) is 12.4 Å². The maximum absolute atomic E-state index is 12.0. The van der Waals surface area contributed by atoms with Crippen molar-refractivity contribution in [3.8, 4) is 0 Å². The molecule has 0 bridgehead atoms. The van der Waals surface area contributed by atoms with E-state index in [4.69, 9.17) is 0 Å². The van der Waals surface area contributed by atoms with Gasteiger partial charge in [-0.05, 0) is 36.4 Å². The molecule has 0 heterocycles. The van der Waals surface area contributed by atoms with Gasteiger partial charge in [0.05, 0.1) is 12.7 Å². The first-order valence-corrected chi connectivity index (χ1v) is 8.06. The summed E-state index contributed by atoms with van der Waals surface area (Å²) in [4.78, 5) is 35.3. The molecule has 0 spiro atoms. The van der Waals surface area contributed by atoms with Crippen molar-refractivity contribution < 1.29 is 19.1 Å². The average Bonchev–Trinajstić information content (AvgIpc) is 2.60. The zero-order valence-corrected chi connectivity index (χ0v) is 14.6. The largest absolute Gasteiger partial charge is 0.465 e. The summed E-state index contributed by atoms with van der Waals surface area (Å²) >= 11 is 3.31. The Morgan fingerprint density at radius 2 is 1.50 bits per heavy atom. The fraction of sp³-hybridized carbons (Fsp3) is 0.167. The van der Waals surface area contributed by atoms with Crippen LogP contribution in [0.3, 0.4) is 0 Å². The number of benzene rings is 2. The van der Waals surface area contributed by atoms with Gasteiger partial charge in [-0.1, -0.05) is 28.1 Å². The highest BCUT2D eigenvalue weighted by Crippen LogP contribution is 2.14. The molecule has 5 nitrogen and oxygen atoms in total. The third-order valence-corrected chi connectivity index (χ3v) is 3.86. The molecule has 0 aliphatic rings. The average molecular weight is 390 g/mol. The Hall–Kier alpha value is -2.47. The van der Waals surface area contributed by atoms with Crippen LogP contribution in [-0.4, -0.2) is 24.8 Å². The summed E-state index contributed by atoms with van der Waals surface area (Å²) in [6.07, 6.45) is 0.224. The molecule has 2 rings (SSSR count). The van der Waals surface area contributed by atoms with Crippen LogP contribution < -0.4 is 5.32 Å². The van der Waals surface area contributed by atoms with Gasteiger partial charge in [0.15, 0.2) is 5.78 Å². The molecule has 0 atom stereocenters. The predicted molar refractivity (Wildman–Crippen MR) is 94.1 cm³/mol. The van der Waals surface area contributed by atoms with Crippen molar-refractivity contribution in [2.45, 2.75) is 12.8 Å². The van der Waals surface area contributed by atoms with Crippen LogP contribution >= 0.6 is 15.9 Å². The van der Waals surface area contributed by atoms with Crippen LogP contribution in [0.15, 0.2) is 53.0 Å². The second-order valence-corrected chi connectivity index (χ2v) is 5.96. The lowest BCUT2D eigenvalue weighted by atomic mass is 10.1. The zero-order valence-electron chi connectivity index (χ0n) is 13.0. The molecule has 2 aromatic rings. The van der Waals surface area contributed by atoms with Gasteiger partial charge in [0.1, 0.15) is 0 Å². The maximum atomic E-state index is 12.0. The molecule has 0 fully saturated rings. The number of halogens is 1. The van der Waals surface area contributed by atoms with E-state index in [1.54, 1.807) is 48.5 Å². The Morgan fingerprint density at radius 1 is 0.917 bits per heavy atom. The topological polar surface area (TPSA) is 72.5 Å². The summed E-state index contributed by atoms with van der Waals surface area (Å²) in [5.74, 6) is -0.780. The number of hydrogen-bond donors (Lipinski definition) is 1. The molecule has 0 radical (unpaired) electrons. The quantitative estimate of drug-likeness (QED) is 0.601. The van der Waals surface area contributed by atoms with Crippen molar-refractivity contribution in [1.82, 2.24) is 0 Å². The number of anilines is 1. The molecule has 0 unspecified atom stereocenters. The van der Waals surface area contributed by atoms with Crippen molar-refractivity contribution in [2.24, 2.45) is 0 Å². The molecule has 2 aromatic carbocycles. The smallest absolute Gasteiger partial charge is 0.337 e. The van der Waals surface area contributed by atoms with Gasteiger partial charge in [0.2, 0.25) is 5.91 Å². The number of Topliss-reactive ketones (excluding diaryl/α,β-unsaturated/α-hetero) is 1. The molecule has 0 saturated carbocycles. The first kappa shape index (κ1) is 17.9. The van der Waals surface area contributed by atoms with Crippen LogP contribution in [0.1, 0.15) is 33.6 Å². The number of methoxy groups -OCH3 is 1.